The summed E-state index contributed by atoms with van der Waals surface area (Å²) in [5.41, 5.74) is 6.62. The van der Waals surface area contributed by atoms with Gasteiger partial charge in [0.25, 0.3) is 0 Å². The van der Waals surface area contributed by atoms with E-state index < -0.39 is 5.54 Å². The molecule has 2 atom stereocenters. The van der Waals surface area contributed by atoms with E-state index in [2.05, 4.69) is 6.92 Å². The standard InChI is InChI=1S/C13H18FN/c1-10-6-4-5-9-13(10,15)11-7-2-3-8-12(11)14/h2-3,7-8,10H,4-6,9,15H2,1H3. The molecule has 2 unspecified atom stereocenters. The van der Waals surface area contributed by atoms with Crippen molar-refractivity contribution in [3.05, 3.63) is 35.6 Å². The monoisotopic (exact) mass is 207 g/mol. The second kappa shape index (κ2) is 3.93. The van der Waals surface area contributed by atoms with Crippen LogP contribution in [0.15, 0.2) is 24.3 Å². The Kier molecular flexibility index (Phi) is 2.79. The molecule has 0 heterocycles. The lowest BCUT2D eigenvalue weighted by atomic mass is 9.70. The molecule has 2 N–H and O–H groups in total. The molecule has 0 aliphatic heterocycles. The van der Waals surface area contributed by atoms with Crippen LogP contribution < -0.4 is 5.73 Å². The number of hydrogen-bond acceptors (Lipinski definition) is 1. The van der Waals surface area contributed by atoms with Gasteiger partial charge in [0.2, 0.25) is 0 Å². The van der Waals surface area contributed by atoms with E-state index in [0.717, 1.165) is 19.3 Å². The molecule has 0 spiro atoms. The van der Waals surface area contributed by atoms with Crippen molar-refractivity contribution in [2.24, 2.45) is 11.7 Å². The topological polar surface area (TPSA) is 26.0 Å². The normalized spacial score (nSPS) is 31.5. The molecule has 1 aromatic rings. The van der Waals surface area contributed by atoms with Gasteiger partial charge in [0.05, 0.1) is 0 Å². The van der Waals surface area contributed by atoms with Crippen molar-refractivity contribution in [1.29, 1.82) is 0 Å². The van der Waals surface area contributed by atoms with Gasteiger partial charge < -0.3 is 5.73 Å². The smallest absolute Gasteiger partial charge is 0.128 e. The largest absolute Gasteiger partial charge is 0.321 e. The van der Waals surface area contributed by atoms with Gasteiger partial charge in [0.15, 0.2) is 0 Å². The highest BCUT2D eigenvalue weighted by Gasteiger charge is 2.37. The molecule has 0 saturated heterocycles. The minimum atomic E-state index is -0.455. The first-order valence-corrected chi connectivity index (χ1v) is 5.68. The van der Waals surface area contributed by atoms with Crippen LogP contribution in [0.2, 0.25) is 0 Å². The Hall–Kier alpha value is -0.890. The Labute approximate surface area is 90.5 Å². The van der Waals surface area contributed by atoms with E-state index in [1.165, 1.54) is 12.5 Å². The summed E-state index contributed by atoms with van der Waals surface area (Å²) in [5, 5.41) is 0. The molecule has 0 radical (unpaired) electrons. The molecular weight excluding hydrogens is 189 g/mol. The lowest BCUT2D eigenvalue weighted by Crippen LogP contribution is -2.45. The fourth-order valence-corrected chi connectivity index (χ4v) is 2.61. The van der Waals surface area contributed by atoms with E-state index in [1.54, 1.807) is 6.07 Å². The van der Waals surface area contributed by atoms with E-state index in [0.29, 0.717) is 11.5 Å². The average Bonchev–Trinajstić information content (AvgIpc) is 2.23. The maximum Gasteiger partial charge on any atom is 0.128 e. The maximum absolute atomic E-state index is 13.7. The fraction of sp³-hybridized carbons (Fsp3) is 0.538. The summed E-state index contributed by atoms with van der Waals surface area (Å²) in [6.45, 7) is 2.13. The van der Waals surface area contributed by atoms with Crippen LogP contribution in [-0.2, 0) is 5.54 Å². The molecule has 1 aliphatic carbocycles. The zero-order valence-electron chi connectivity index (χ0n) is 9.17. The molecule has 1 saturated carbocycles. The summed E-state index contributed by atoms with van der Waals surface area (Å²) in [7, 11) is 0. The highest BCUT2D eigenvalue weighted by Crippen LogP contribution is 2.40. The van der Waals surface area contributed by atoms with E-state index in [1.807, 2.05) is 12.1 Å². The molecular formula is C13H18FN. The molecule has 0 bridgehead atoms. The third kappa shape index (κ3) is 1.78. The van der Waals surface area contributed by atoms with Crippen LogP contribution in [0.3, 0.4) is 0 Å². The molecule has 1 nitrogen and oxygen atoms in total. The summed E-state index contributed by atoms with van der Waals surface area (Å²) in [6.07, 6.45) is 4.32. The van der Waals surface area contributed by atoms with Crippen LogP contribution in [-0.4, -0.2) is 0 Å². The third-order valence-corrected chi connectivity index (χ3v) is 3.73. The minimum absolute atomic E-state index is 0.159. The van der Waals surface area contributed by atoms with Gasteiger partial charge in [-0.2, -0.15) is 0 Å². The van der Waals surface area contributed by atoms with Crippen molar-refractivity contribution in [3.8, 4) is 0 Å². The third-order valence-electron chi connectivity index (χ3n) is 3.73. The molecule has 1 aromatic carbocycles. The zero-order chi connectivity index (χ0) is 10.9. The van der Waals surface area contributed by atoms with Crippen molar-refractivity contribution in [2.45, 2.75) is 38.1 Å². The van der Waals surface area contributed by atoms with E-state index in [9.17, 15) is 4.39 Å². The lowest BCUT2D eigenvalue weighted by molar-refractivity contribution is 0.201. The SMILES string of the molecule is CC1CCCCC1(N)c1ccccc1F. The summed E-state index contributed by atoms with van der Waals surface area (Å²) < 4.78 is 13.7. The Balaban J connectivity index is 2.39. The van der Waals surface area contributed by atoms with Crippen LogP contribution >= 0.6 is 0 Å². The van der Waals surface area contributed by atoms with Gasteiger partial charge in [-0.25, -0.2) is 4.39 Å². The van der Waals surface area contributed by atoms with Gasteiger partial charge in [0.1, 0.15) is 5.82 Å². The molecule has 82 valence electrons. The molecule has 0 aromatic heterocycles. The van der Waals surface area contributed by atoms with Gasteiger partial charge in [-0.1, -0.05) is 38.0 Å². The molecule has 15 heavy (non-hydrogen) atoms. The lowest BCUT2D eigenvalue weighted by Gasteiger charge is -2.40. The summed E-state index contributed by atoms with van der Waals surface area (Å²) in [5.74, 6) is 0.205. The zero-order valence-corrected chi connectivity index (χ0v) is 9.17. The molecule has 1 aliphatic rings. The van der Waals surface area contributed by atoms with Gasteiger partial charge in [-0.15, -0.1) is 0 Å². The quantitative estimate of drug-likeness (QED) is 0.752. The van der Waals surface area contributed by atoms with Crippen LogP contribution in [0.5, 0.6) is 0 Å². The second-order valence-corrected chi connectivity index (χ2v) is 4.67. The van der Waals surface area contributed by atoms with Crippen molar-refractivity contribution in [1.82, 2.24) is 0 Å². The molecule has 0 amide bonds. The number of hydrogen-bond donors (Lipinski definition) is 1. The van der Waals surface area contributed by atoms with E-state index in [-0.39, 0.29) is 5.82 Å². The Morgan fingerprint density at radius 3 is 2.73 bits per heavy atom. The average molecular weight is 207 g/mol. The van der Waals surface area contributed by atoms with Crippen molar-refractivity contribution < 1.29 is 4.39 Å². The first-order valence-electron chi connectivity index (χ1n) is 5.68. The Morgan fingerprint density at radius 1 is 1.33 bits per heavy atom. The van der Waals surface area contributed by atoms with Crippen molar-refractivity contribution >= 4 is 0 Å². The van der Waals surface area contributed by atoms with Gasteiger partial charge >= 0.3 is 0 Å². The first kappa shape index (κ1) is 10.6. The number of halogens is 1. The van der Waals surface area contributed by atoms with Crippen LogP contribution in [0.1, 0.15) is 38.2 Å². The maximum atomic E-state index is 13.7. The molecule has 2 heteroatoms. The van der Waals surface area contributed by atoms with Crippen LogP contribution in [0.25, 0.3) is 0 Å². The number of rotatable bonds is 1. The van der Waals surface area contributed by atoms with Gasteiger partial charge in [-0.05, 0) is 24.8 Å². The highest BCUT2D eigenvalue weighted by molar-refractivity contribution is 5.27. The van der Waals surface area contributed by atoms with Crippen molar-refractivity contribution in [3.63, 3.8) is 0 Å². The first-order chi connectivity index (χ1) is 7.14. The summed E-state index contributed by atoms with van der Waals surface area (Å²) >= 11 is 0. The highest BCUT2D eigenvalue weighted by atomic mass is 19.1. The molecule has 2 rings (SSSR count). The number of nitrogens with two attached hydrogens (primary N) is 1. The van der Waals surface area contributed by atoms with Gasteiger partial charge in [-0.3, -0.25) is 0 Å². The predicted octanol–water partition coefficient (Wildman–Crippen LogP) is 3.19. The van der Waals surface area contributed by atoms with Crippen molar-refractivity contribution in [2.75, 3.05) is 0 Å². The Bertz CT molecular complexity index is 350. The van der Waals surface area contributed by atoms with Crippen LogP contribution in [0, 0.1) is 11.7 Å². The van der Waals surface area contributed by atoms with E-state index >= 15 is 0 Å². The number of benzene rings is 1. The van der Waals surface area contributed by atoms with Crippen LogP contribution in [0.4, 0.5) is 4.39 Å². The van der Waals surface area contributed by atoms with E-state index in [4.69, 9.17) is 5.73 Å². The molecule has 1 fully saturated rings. The second-order valence-electron chi connectivity index (χ2n) is 4.67. The summed E-state index contributed by atoms with van der Waals surface area (Å²) in [6, 6.07) is 6.92. The Morgan fingerprint density at radius 2 is 2.07 bits per heavy atom. The van der Waals surface area contributed by atoms with Gasteiger partial charge in [0, 0.05) is 11.1 Å². The predicted molar refractivity (Wildman–Crippen MR) is 59.9 cm³/mol. The summed E-state index contributed by atoms with van der Waals surface area (Å²) in [4.78, 5) is 0. The fourth-order valence-electron chi connectivity index (χ4n) is 2.61. The minimum Gasteiger partial charge on any atom is -0.321 e.